The van der Waals surface area contributed by atoms with E-state index in [-0.39, 0.29) is 19.2 Å². The molecule has 1 aliphatic heterocycles. The van der Waals surface area contributed by atoms with Gasteiger partial charge in [0, 0.05) is 13.0 Å². The number of carbonyl (C=O) groups is 1. The van der Waals surface area contributed by atoms with E-state index in [1.165, 1.54) is 205 Å². The predicted molar refractivity (Wildman–Crippen MR) is 247 cm³/mol. The average molecular weight is 857 g/mol. The SMILES string of the molecule is CCCCCCCCCCCCCCCCCCCCCCCCCCCOCC(COC1OC(CO)C(O)C(O)C1O)OC(=O)CCCCCCCCCCCCCC. The van der Waals surface area contributed by atoms with Gasteiger partial charge in [0.25, 0.3) is 0 Å². The normalized spacial score (nSPS) is 19.9. The van der Waals surface area contributed by atoms with Crippen LogP contribution in [-0.2, 0) is 23.7 Å². The summed E-state index contributed by atoms with van der Waals surface area (Å²) in [6.07, 6.45) is 41.5. The van der Waals surface area contributed by atoms with E-state index in [2.05, 4.69) is 13.8 Å². The maximum atomic E-state index is 12.8. The van der Waals surface area contributed by atoms with E-state index in [0.29, 0.717) is 13.0 Å². The quantitative estimate of drug-likeness (QED) is 0.0348. The summed E-state index contributed by atoms with van der Waals surface area (Å²) in [4.78, 5) is 12.8. The van der Waals surface area contributed by atoms with Crippen LogP contribution in [0.15, 0.2) is 0 Å². The molecule has 6 atom stereocenters. The van der Waals surface area contributed by atoms with Gasteiger partial charge in [-0.15, -0.1) is 0 Å². The molecule has 0 bridgehead atoms. The number of carbonyl (C=O) groups excluding carboxylic acids is 1. The van der Waals surface area contributed by atoms with Crippen molar-refractivity contribution in [2.75, 3.05) is 26.4 Å². The molecule has 0 aromatic heterocycles. The fourth-order valence-corrected chi connectivity index (χ4v) is 8.44. The summed E-state index contributed by atoms with van der Waals surface area (Å²) in [6.45, 7) is 4.62. The Bertz CT molecular complexity index is 889. The molecular weight excluding hydrogens is 757 g/mol. The summed E-state index contributed by atoms with van der Waals surface area (Å²) >= 11 is 0. The highest BCUT2D eigenvalue weighted by atomic mass is 16.7. The number of ether oxygens (including phenoxy) is 4. The van der Waals surface area contributed by atoms with Crippen LogP contribution in [0, 0.1) is 0 Å². The fraction of sp³-hybridized carbons (Fsp3) is 0.980. The largest absolute Gasteiger partial charge is 0.457 e. The summed E-state index contributed by atoms with van der Waals surface area (Å²) in [6, 6.07) is 0. The third kappa shape index (κ3) is 33.7. The smallest absolute Gasteiger partial charge is 0.306 e. The van der Waals surface area contributed by atoms with Gasteiger partial charge in [-0.3, -0.25) is 4.79 Å². The van der Waals surface area contributed by atoms with Crippen molar-refractivity contribution in [3.05, 3.63) is 0 Å². The van der Waals surface area contributed by atoms with E-state index in [0.717, 1.165) is 32.1 Å². The summed E-state index contributed by atoms with van der Waals surface area (Å²) < 4.78 is 22.9. The van der Waals surface area contributed by atoms with Gasteiger partial charge in [0.15, 0.2) is 6.29 Å². The third-order valence-corrected chi connectivity index (χ3v) is 12.5. The standard InChI is InChI=1S/C51H100O9/c1-3-5-7-9-11-13-15-17-18-19-20-21-22-23-24-25-26-27-28-29-31-33-35-37-39-41-57-43-45(44-58-51-50(56)49(55)48(54)46(42-52)60-51)59-47(53)40-38-36-34-32-30-16-14-12-10-8-6-4-2/h45-46,48-52,54-56H,3-44H2,1-2H3. The number of unbranched alkanes of at least 4 members (excludes halogenated alkanes) is 35. The highest BCUT2D eigenvalue weighted by Gasteiger charge is 2.44. The summed E-state index contributed by atoms with van der Waals surface area (Å²) in [7, 11) is 0. The molecule has 1 saturated heterocycles. The van der Waals surface area contributed by atoms with Gasteiger partial charge in [-0.1, -0.05) is 239 Å². The lowest BCUT2D eigenvalue weighted by Crippen LogP contribution is -2.59. The molecule has 0 aliphatic carbocycles. The molecule has 0 radical (unpaired) electrons. The zero-order chi connectivity index (χ0) is 43.6. The monoisotopic (exact) mass is 857 g/mol. The molecule has 6 unspecified atom stereocenters. The first-order valence-corrected chi connectivity index (χ1v) is 26.1. The molecule has 0 amide bonds. The van der Waals surface area contributed by atoms with E-state index < -0.39 is 43.4 Å². The molecular formula is C51H100O9. The maximum absolute atomic E-state index is 12.8. The number of rotatable bonds is 46. The number of hydrogen-bond donors (Lipinski definition) is 4. The Morgan fingerprint density at radius 2 is 0.817 bits per heavy atom. The second-order valence-corrected chi connectivity index (χ2v) is 18.3. The van der Waals surface area contributed by atoms with Crippen molar-refractivity contribution in [2.24, 2.45) is 0 Å². The Kier molecular flexibility index (Phi) is 41.4. The van der Waals surface area contributed by atoms with E-state index in [1.807, 2.05) is 0 Å². The molecule has 0 saturated carbocycles. The molecule has 0 aromatic rings. The summed E-state index contributed by atoms with van der Waals surface area (Å²) in [5.41, 5.74) is 0. The molecule has 358 valence electrons. The molecule has 1 fully saturated rings. The second-order valence-electron chi connectivity index (χ2n) is 18.3. The first-order chi connectivity index (χ1) is 29.4. The van der Waals surface area contributed by atoms with Crippen LogP contribution in [0.2, 0.25) is 0 Å². The third-order valence-electron chi connectivity index (χ3n) is 12.5. The number of hydrogen-bond acceptors (Lipinski definition) is 9. The topological polar surface area (TPSA) is 135 Å². The lowest BCUT2D eigenvalue weighted by molar-refractivity contribution is -0.305. The van der Waals surface area contributed by atoms with E-state index in [9.17, 15) is 25.2 Å². The van der Waals surface area contributed by atoms with Crippen molar-refractivity contribution >= 4 is 5.97 Å². The Labute approximate surface area is 370 Å². The van der Waals surface area contributed by atoms with Crippen LogP contribution in [0.5, 0.6) is 0 Å². The highest BCUT2D eigenvalue weighted by Crippen LogP contribution is 2.23. The molecule has 1 rings (SSSR count). The van der Waals surface area contributed by atoms with Crippen molar-refractivity contribution in [3.63, 3.8) is 0 Å². The Balaban J connectivity index is 2.11. The lowest BCUT2D eigenvalue weighted by atomic mass is 9.99. The van der Waals surface area contributed by atoms with Crippen LogP contribution in [0.3, 0.4) is 0 Å². The fourth-order valence-electron chi connectivity index (χ4n) is 8.44. The van der Waals surface area contributed by atoms with Crippen molar-refractivity contribution < 1.29 is 44.2 Å². The molecule has 0 spiro atoms. The second kappa shape index (κ2) is 43.4. The molecule has 1 aliphatic rings. The van der Waals surface area contributed by atoms with Crippen LogP contribution in [0.25, 0.3) is 0 Å². The van der Waals surface area contributed by atoms with Gasteiger partial charge in [-0.05, 0) is 12.8 Å². The van der Waals surface area contributed by atoms with Gasteiger partial charge in [0.1, 0.15) is 30.5 Å². The maximum Gasteiger partial charge on any atom is 0.306 e. The Morgan fingerprint density at radius 1 is 0.467 bits per heavy atom. The molecule has 9 heteroatoms. The number of esters is 1. The molecule has 4 N–H and O–H groups in total. The predicted octanol–water partition coefficient (Wildman–Crippen LogP) is 12.6. The highest BCUT2D eigenvalue weighted by molar-refractivity contribution is 5.69. The van der Waals surface area contributed by atoms with Crippen LogP contribution >= 0.6 is 0 Å². The first-order valence-electron chi connectivity index (χ1n) is 26.1. The zero-order valence-electron chi connectivity index (χ0n) is 39.5. The zero-order valence-corrected chi connectivity index (χ0v) is 39.5. The minimum absolute atomic E-state index is 0.105. The summed E-state index contributed by atoms with van der Waals surface area (Å²) in [5, 5.41) is 40.2. The molecule has 9 nitrogen and oxygen atoms in total. The number of aliphatic hydroxyl groups is 4. The van der Waals surface area contributed by atoms with Crippen LogP contribution in [0.4, 0.5) is 0 Å². The van der Waals surface area contributed by atoms with Crippen molar-refractivity contribution in [1.29, 1.82) is 0 Å². The lowest BCUT2D eigenvalue weighted by Gasteiger charge is -2.39. The Morgan fingerprint density at radius 3 is 1.18 bits per heavy atom. The molecule has 0 aromatic carbocycles. The minimum atomic E-state index is -1.53. The first kappa shape index (κ1) is 57.2. The Hall–Kier alpha value is -0.810. The van der Waals surface area contributed by atoms with Gasteiger partial charge < -0.3 is 39.4 Å². The average Bonchev–Trinajstić information content (AvgIpc) is 3.25. The van der Waals surface area contributed by atoms with Crippen molar-refractivity contribution in [3.8, 4) is 0 Å². The summed E-state index contributed by atoms with van der Waals surface area (Å²) in [5.74, 6) is -0.307. The van der Waals surface area contributed by atoms with Gasteiger partial charge in [0.2, 0.25) is 0 Å². The van der Waals surface area contributed by atoms with E-state index >= 15 is 0 Å². The van der Waals surface area contributed by atoms with E-state index in [1.54, 1.807) is 0 Å². The van der Waals surface area contributed by atoms with Crippen LogP contribution in [0.1, 0.15) is 258 Å². The van der Waals surface area contributed by atoms with E-state index in [4.69, 9.17) is 18.9 Å². The van der Waals surface area contributed by atoms with Gasteiger partial charge >= 0.3 is 5.97 Å². The van der Waals surface area contributed by atoms with Crippen LogP contribution < -0.4 is 0 Å². The van der Waals surface area contributed by atoms with Gasteiger partial charge in [-0.25, -0.2) is 0 Å². The number of aliphatic hydroxyl groups excluding tert-OH is 4. The van der Waals surface area contributed by atoms with Gasteiger partial charge in [0.05, 0.1) is 19.8 Å². The van der Waals surface area contributed by atoms with Crippen LogP contribution in [-0.4, -0.2) is 89.6 Å². The van der Waals surface area contributed by atoms with Gasteiger partial charge in [-0.2, -0.15) is 0 Å². The van der Waals surface area contributed by atoms with Crippen molar-refractivity contribution in [2.45, 2.75) is 295 Å². The van der Waals surface area contributed by atoms with Crippen molar-refractivity contribution in [1.82, 2.24) is 0 Å². The molecule has 1 heterocycles. The minimum Gasteiger partial charge on any atom is -0.457 e. The molecule has 60 heavy (non-hydrogen) atoms.